The molecule has 2 heterocycles. The largest absolute Gasteiger partial charge is 0.478 e. The first-order chi connectivity index (χ1) is 11.2. The second kappa shape index (κ2) is 5.61. The van der Waals surface area contributed by atoms with Crippen molar-refractivity contribution in [1.29, 1.82) is 0 Å². The third-order valence-corrected chi connectivity index (χ3v) is 4.91. The van der Waals surface area contributed by atoms with E-state index in [0.29, 0.717) is 11.5 Å². The number of aromatic nitrogens is 1. The maximum absolute atomic E-state index is 11.3. The van der Waals surface area contributed by atoms with Crippen LogP contribution in [0.4, 0.5) is 0 Å². The van der Waals surface area contributed by atoms with Crippen LogP contribution in [0.2, 0.25) is 0 Å². The summed E-state index contributed by atoms with van der Waals surface area (Å²) >= 11 is 0. The number of furan rings is 1. The van der Waals surface area contributed by atoms with Crippen LogP contribution in [0.25, 0.3) is 22.2 Å². The molecule has 2 N–H and O–H groups in total. The Kier molecular flexibility index (Phi) is 3.45. The Bertz CT molecular complexity index is 839. The van der Waals surface area contributed by atoms with E-state index < -0.39 is 5.97 Å². The molecule has 1 aliphatic rings. The molecule has 0 bridgehead atoms. The van der Waals surface area contributed by atoms with Crippen LogP contribution >= 0.6 is 0 Å². The Labute approximate surface area is 134 Å². The van der Waals surface area contributed by atoms with Crippen molar-refractivity contribution in [3.63, 3.8) is 0 Å². The van der Waals surface area contributed by atoms with Crippen LogP contribution < -0.4 is 0 Å². The molecule has 2 aromatic heterocycles. The summed E-state index contributed by atoms with van der Waals surface area (Å²) in [5, 5.41) is 10.3. The van der Waals surface area contributed by atoms with Gasteiger partial charge in [-0.05, 0) is 48.6 Å². The molecule has 0 radical (unpaired) electrons. The van der Waals surface area contributed by atoms with Crippen LogP contribution in [-0.2, 0) is 0 Å². The molecule has 0 unspecified atom stereocenters. The number of aromatic amines is 1. The maximum Gasteiger partial charge on any atom is 0.335 e. The second-order valence-corrected chi connectivity index (χ2v) is 6.33. The van der Waals surface area contributed by atoms with E-state index in [2.05, 4.69) is 4.98 Å². The molecule has 1 saturated carbocycles. The van der Waals surface area contributed by atoms with E-state index in [1.54, 1.807) is 18.6 Å². The van der Waals surface area contributed by atoms with Gasteiger partial charge in [0.2, 0.25) is 0 Å². The fraction of sp³-hybridized carbons (Fsp3) is 0.316. The van der Waals surface area contributed by atoms with E-state index in [9.17, 15) is 9.90 Å². The first-order valence-electron chi connectivity index (χ1n) is 8.15. The van der Waals surface area contributed by atoms with Gasteiger partial charge in [0.05, 0.1) is 23.8 Å². The van der Waals surface area contributed by atoms with Crippen molar-refractivity contribution in [2.45, 2.75) is 38.0 Å². The Hall–Kier alpha value is -2.49. The number of carboxylic acid groups (broad SMARTS) is 1. The van der Waals surface area contributed by atoms with Crippen LogP contribution in [-0.4, -0.2) is 16.1 Å². The van der Waals surface area contributed by atoms with Crippen molar-refractivity contribution >= 4 is 16.9 Å². The number of carboxylic acids is 1. The van der Waals surface area contributed by atoms with Crippen molar-refractivity contribution in [3.8, 4) is 11.3 Å². The fourth-order valence-corrected chi connectivity index (χ4v) is 3.80. The Morgan fingerprint density at radius 1 is 1.17 bits per heavy atom. The average Bonchev–Trinajstić information content (AvgIpc) is 3.22. The zero-order valence-electron chi connectivity index (χ0n) is 12.8. The van der Waals surface area contributed by atoms with Crippen LogP contribution in [0.3, 0.4) is 0 Å². The van der Waals surface area contributed by atoms with Gasteiger partial charge in [0, 0.05) is 16.5 Å². The molecule has 1 aromatic carbocycles. The minimum Gasteiger partial charge on any atom is -0.478 e. The predicted molar refractivity (Wildman–Crippen MR) is 88.8 cm³/mol. The van der Waals surface area contributed by atoms with Gasteiger partial charge in [-0.25, -0.2) is 4.79 Å². The van der Waals surface area contributed by atoms with Crippen molar-refractivity contribution in [1.82, 2.24) is 4.98 Å². The lowest BCUT2D eigenvalue weighted by atomic mass is 9.82. The molecule has 0 atom stereocenters. The van der Waals surface area contributed by atoms with E-state index in [1.807, 2.05) is 18.2 Å². The fourth-order valence-electron chi connectivity index (χ4n) is 3.80. The standard InChI is InChI=1S/C19H19NO3/c21-19(22)13-6-7-16-15(10-13)17(12-4-2-1-3-5-12)18(20-16)14-8-9-23-11-14/h6-12,20H,1-5H2,(H,21,22). The number of rotatable bonds is 3. The van der Waals surface area contributed by atoms with Crippen LogP contribution in [0.15, 0.2) is 41.2 Å². The van der Waals surface area contributed by atoms with Crippen molar-refractivity contribution in [3.05, 3.63) is 47.9 Å². The van der Waals surface area contributed by atoms with Crippen LogP contribution in [0.1, 0.15) is 53.9 Å². The molecule has 3 aromatic rings. The van der Waals surface area contributed by atoms with Gasteiger partial charge in [0.15, 0.2) is 0 Å². The molecule has 0 spiro atoms. The Morgan fingerprint density at radius 2 is 2.00 bits per heavy atom. The number of nitrogens with one attached hydrogen (secondary N) is 1. The summed E-state index contributed by atoms with van der Waals surface area (Å²) < 4.78 is 5.26. The van der Waals surface area contributed by atoms with Gasteiger partial charge >= 0.3 is 5.97 Å². The summed E-state index contributed by atoms with van der Waals surface area (Å²) in [4.78, 5) is 14.8. The highest BCUT2D eigenvalue weighted by Crippen LogP contribution is 2.42. The lowest BCUT2D eigenvalue weighted by Gasteiger charge is -2.22. The summed E-state index contributed by atoms with van der Waals surface area (Å²) in [6.45, 7) is 0. The number of carbonyl (C=O) groups is 1. The molecule has 0 saturated heterocycles. The highest BCUT2D eigenvalue weighted by molar-refractivity contribution is 5.97. The number of hydrogen-bond donors (Lipinski definition) is 2. The first-order valence-corrected chi connectivity index (χ1v) is 8.15. The number of hydrogen-bond acceptors (Lipinski definition) is 2. The zero-order valence-corrected chi connectivity index (χ0v) is 12.8. The normalized spacial score (nSPS) is 16.0. The van der Waals surface area contributed by atoms with Crippen molar-refractivity contribution < 1.29 is 14.3 Å². The zero-order chi connectivity index (χ0) is 15.8. The smallest absolute Gasteiger partial charge is 0.335 e. The summed E-state index contributed by atoms with van der Waals surface area (Å²) in [5.74, 6) is -0.404. The summed E-state index contributed by atoms with van der Waals surface area (Å²) in [6.07, 6.45) is 9.51. The van der Waals surface area contributed by atoms with Gasteiger partial charge in [-0.1, -0.05) is 19.3 Å². The van der Waals surface area contributed by atoms with Gasteiger partial charge in [0.25, 0.3) is 0 Å². The van der Waals surface area contributed by atoms with E-state index in [4.69, 9.17) is 4.42 Å². The summed E-state index contributed by atoms with van der Waals surface area (Å²) in [6, 6.07) is 7.29. The molecule has 4 nitrogen and oxygen atoms in total. The number of H-pyrrole nitrogens is 1. The molecule has 0 aliphatic heterocycles. The minimum atomic E-state index is -0.882. The van der Waals surface area contributed by atoms with Gasteiger partial charge in [-0.15, -0.1) is 0 Å². The number of aromatic carboxylic acids is 1. The minimum absolute atomic E-state index is 0.340. The second-order valence-electron chi connectivity index (χ2n) is 6.33. The van der Waals surface area contributed by atoms with Crippen molar-refractivity contribution in [2.75, 3.05) is 0 Å². The van der Waals surface area contributed by atoms with Gasteiger partial charge in [-0.2, -0.15) is 0 Å². The van der Waals surface area contributed by atoms with Gasteiger partial charge < -0.3 is 14.5 Å². The molecular weight excluding hydrogens is 290 g/mol. The molecule has 23 heavy (non-hydrogen) atoms. The lowest BCUT2D eigenvalue weighted by molar-refractivity contribution is 0.0697. The Morgan fingerprint density at radius 3 is 2.70 bits per heavy atom. The van der Waals surface area contributed by atoms with Gasteiger partial charge in [-0.3, -0.25) is 0 Å². The number of fused-ring (bicyclic) bond motifs is 1. The third kappa shape index (κ3) is 2.44. The highest BCUT2D eigenvalue weighted by Gasteiger charge is 2.24. The molecular formula is C19H19NO3. The third-order valence-electron chi connectivity index (χ3n) is 4.91. The van der Waals surface area contributed by atoms with Gasteiger partial charge in [0.1, 0.15) is 0 Å². The summed E-state index contributed by atoms with van der Waals surface area (Å²) in [5.41, 5.74) is 4.69. The SMILES string of the molecule is O=C(O)c1ccc2[nH]c(-c3ccoc3)c(C3CCCCC3)c2c1. The molecule has 4 rings (SSSR count). The average molecular weight is 309 g/mol. The van der Waals surface area contributed by atoms with E-state index in [1.165, 1.54) is 24.8 Å². The quantitative estimate of drug-likeness (QED) is 0.701. The van der Waals surface area contributed by atoms with E-state index in [-0.39, 0.29) is 0 Å². The van der Waals surface area contributed by atoms with E-state index >= 15 is 0 Å². The molecule has 118 valence electrons. The lowest BCUT2D eigenvalue weighted by Crippen LogP contribution is -2.05. The molecule has 4 heteroatoms. The highest BCUT2D eigenvalue weighted by atomic mass is 16.4. The molecule has 1 fully saturated rings. The summed E-state index contributed by atoms with van der Waals surface area (Å²) in [7, 11) is 0. The first kappa shape index (κ1) is 14.1. The van der Waals surface area contributed by atoms with Crippen LogP contribution in [0, 0.1) is 0 Å². The Balaban J connectivity index is 1.94. The van der Waals surface area contributed by atoms with Crippen molar-refractivity contribution in [2.24, 2.45) is 0 Å². The maximum atomic E-state index is 11.3. The number of benzene rings is 1. The van der Waals surface area contributed by atoms with E-state index in [0.717, 1.165) is 35.0 Å². The molecule has 0 amide bonds. The predicted octanol–water partition coefficient (Wildman–Crippen LogP) is 5.17. The van der Waals surface area contributed by atoms with Crippen LogP contribution in [0.5, 0.6) is 0 Å². The topological polar surface area (TPSA) is 66.2 Å². The molecule has 1 aliphatic carbocycles. The monoisotopic (exact) mass is 309 g/mol.